The number of carbonyl (C=O) groups excluding carboxylic acids is 1. The Bertz CT molecular complexity index is 662. The topological polar surface area (TPSA) is 17.1 Å². The van der Waals surface area contributed by atoms with Gasteiger partial charge in [-0.1, -0.05) is 28.1 Å². The molecule has 21 heavy (non-hydrogen) atoms. The summed E-state index contributed by atoms with van der Waals surface area (Å²) >= 11 is 3.15. The number of ketones is 1. The van der Waals surface area contributed by atoms with Gasteiger partial charge in [-0.25, -0.2) is 4.39 Å². The highest BCUT2D eigenvalue weighted by Crippen LogP contribution is 2.29. The molecule has 2 aromatic carbocycles. The molecule has 6 heteroatoms. The number of halogens is 5. The zero-order chi connectivity index (χ0) is 15.6. The van der Waals surface area contributed by atoms with E-state index in [1.54, 1.807) is 0 Å². The molecule has 0 saturated carbocycles. The molecule has 0 unspecified atom stereocenters. The maximum absolute atomic E-state index is 13.1. The summed E-state index contributed by atoms with van der Waals surface area (Å²) in [7, 11) is 0. The minimum atomic E-state index is -4.41. The lowest BCUT2D eigenvalue weighted by Gasteiger charge is -2.08. The van der Waals surface area contributed by atoms with Crippen LogP contribution in [0.1, 0.15) is 21.5 Å². The van der Waals surface area contributed by atoms with Gasteiger partial charge in [0.15, 0.2) is 5.78 Å². The molecular weight excluding hydrogens is 352 g/mol. The molecule has 0 bridgehead atoms. The molecule has 0 aliphatic carbocycles. The molecule has 0 radical (unpaired) electrons. The van der Waals surface area contributed by atoms with E-state index in [1.807, 2.05) is 0 Å². The summed E-state index contributed by atoms with van der Waals surface area (Å²) in [6.45, 7) is 0. The van der Waals surface area contributed by atoms with Gasteiger partial charge in [0.2, 0.25) is 0 Å². The van der Waals surface area contributed by atoms with Gasteiger partial charge < -0.3 is 0 Å². The van der Waals surface area contributed by atoms with Crippen molar-refractivity contribution in [1.29, 1.82) is 0 Å². The summed E-state index contributed by atoms with van der Waals surface area (Å²) in [5.41, 5.74) is -0.176. The van der Waals surface area contributed by atoms with Gasteiger partial charge in [0.25, 0.3) is 0 Å². The number of hydrogen-bond acceptors (Lipinski definition) is 1. The lowest BCUT2D eigenvalue weighted by molar-refractivity contribution is -0.137. The summed E-state index contributed by atoms with van der Waals surface area (Å²) in [5.74, 6) is -0.921. The molecule has 0 aliphatic rings. The molecule has 110 valence electrons. The second kappa shape index (κ2) is 5.97. The van der Waals surface area contributed by atoms with E-state index in [0.717, 1.165) is 18.2 Å². The van der Waals surface area contributed by atoms with Crippen LogP contribution in [0.2, 0.25) is 0 Å². The maximum atomic E-state index is 13.1. The first-order valence-corrected chi connectivity index (χ1v) is 6.71. The highest BCUT2D eigenvalue weighted by atomic mass is 79.9. The average Bonchev–Trinajstić information content (AvgIpc) is 2.41. The van der Waals surface area contributed by atoms with Gasteiger partial charge in [0.1, 0.15) is 5.82 Å². The molecule has 0 heterocycles. The van der Waals surface area contributed by atoms with Crippen molar-refractivity contribution in [3.8, 4) is 0 Å². The molecule has 0 N–H and O–H groups in total. The summed E-state index contributed by atoms with van der Waals surface area (Å²) in [5, 5.41) is 0. The van der Waals surface area contributed by atoms with Crippen molar-refractivity contribution in [2.45, 2.75) is 12.6 Å². The van der Waals surface area contributed by atoms with E-state index in [2.05, 4.69) is 15.9 Å². The van der Waals surface area contributed by atoms with Crippen LogP contribution in [-0.2, 0) is 12.6 Å². The second-order valence-electron chi connectivity index (χ2n) is 4.42. The first-order valence-electron chi connectivity index (χ1n) is 5.92. The Hall–Kier alpha value is -1.69. The maximum Gasteiger partial charge on any atom is 0.416 e. The molecule has 0 aromatic heterocycles. The molecule has 0 amide bonds. The monoisotopic (exact) mass is 360 g/mol. The third-order valence-electron chi connectivity index (χ3n) is 2.87. The molecule has 0 spiro atoms. The summed E-state index contributed by atoms with van der Waals surface area (Å²) in [6.07, 6.45) is -4.51. The van der Waals surface area contributed by atoms with Crippen molar-refractivity contribution in [3.05, 3.63) is 69.4 Å². The SMILES string of the molecule is O=C(Cc1ccc(C(F)(F)F)cc1)c1cc(F)ccc1Br. The third kappa shape index (κ3) is 3.91. The van der Waals surface area contributed by atoms with Crippen LogP contribution in [0.5, 0.6) is 0 Å². The molecular formula is C15H9BrF4O. The Balaban J connectivity index is 2.18. The Kier molecular flexibility index (Phi) is 4.46. The van der Waals surface area contributed by atoms with Gasteiger partial charge in [-0.3, -0.25) is 4.79 Å². The van der Waals surface area contributed by atoms with Crippen molar-refractivity contribution >= 4 is 21.7 Å². The van der Waals surface area contributed by atoms with Crippen LogP contribution < -0.4 is 0 Å². The first-order chi connectivity index (χ1) is 9.77. The van der Waals surface area contributed by atoms with Crippen molar-refractivity contribution < 1.29 is 22.4 Å². The van der Waals surface area contributed by atoms with E-state index >= 15 is 0 Å². The minimum absolute atomic E-state index is 0.0970. The second-order valence-corrected chi connectivity index (χ2v) is 5.27. The average molecular weight is 361 g/mol. The smallest absolute Gasteiger partial charge is 0.294 e. The van der Waals surface area contributed by atoms with Crippen molar-refractivity contribution in [2.24, 2.45) is 0 Å². The lowest BCUT2D eigenvalue weighted by Crippen LogP contribution is -2.07. The van der Waals surface area contributed by atoms with E-state index in [0.29, 0.717) is 10.0 Å². The van der Waals surface area contributed by atoms with Gasteiger partial charge in [0, 0.05) is 16.5 Å². The van der Waals surface area contributed by atoms with E-state index in [4.69, 9.17) is 0 Å². The number of alkyl halides is 3. The van der Waals surface area contributed by atoms with Crippen LogP contribution in [0.15, 0.2) is 46.9 Å². The largest absolute Gasteiger partial charge is 0.416 e. The van der Waals surface area contributed by atoms with Crippen LogP contribution in [0.25, 0.3) is 0 Å². The fourth-order valence-corrected chi connectivity index (χ4v) is 2.27. The molecule has 0 aliphatic heterocycles. The van der Waals surface area contributed by atoms with Crippen LogP contribution >= 0.6 is 15.9 Å². The van der Waals surface area contributed by atoms with Crippen molar-refractivity contribution in [1.82, 2.24) is 0 Å². The number of hydrogen-bond donors (Lipinski definition) is 0. The Morgan fingerprint density at radius 3 is 2.24 bits per heavy atom. The van der Waals surface area contributed by atoms with Crippen LogP contribution in [0, 0.1) is 5.82 Å². The molecule has 2 rings (SSSR count). The van der Waals surface area contributed by atoms with Crippen molar-refractivity contribution in [2.75, 3.05) is 0 Å². The van der Waals surface area contributed by atoms with Gasteiger partial charge in [0.05, 0.1) is 5.56 Å². The van der Waals surface area contributed by atoms with Crippen LogP contribution in [0.3, 0.4) is 0 Å². The van der Waals surface area contributed by atoms with Crippen LogP contribution in [0.4, 0.5) is 17.6 Å². The fourth-order valence-electron chi connectivity index (χ4n) is 1.80. The standard InChI is InChI=1S/C15H9BrF4O/c16-13-6-5-11(17)8-12(13)14(21)7-9-1-3-10(4-2-9)15(18,19)20/h1-6,8H,7H2. The number of rotatable bonds is 3. The van der Waals surface area contributed by atoms with Gasteiger partial charge in [-0.05, 0) is 35.9 Å². The Morgan fingerprint density at radius 2 is 1.67 bits per heavy atom. The zero-order valence-corrected chi connectivity index (χ0v) is 12.1. The minimum Gasteiger partial charge on any atom is -0.294 e. The highest BCUT2D eigenvalue weighted by molar-refractivity contribution is 9.10. The van der Waals surface area contributed by atoms with Crippen LogP contribution in [-0.4, -0.2) is 5.78 Å². The summed E-state index contributed by atoms with van der Waals surface area (Å²) < 4.78 is 50.9. The summed E-state index contributed by atoms with van der Waals surface area (Å²) in [4.78, 5) is 12.1. The number of Topliss-reactive ketones (excluding diaryl/α,β-unsaturated/α-hetero) is 1. The van der Waals surface area contributed by atoms with E-state index in [-0.39, 0.29) is 17.8 Å². The normalized spacial score (nSPS) is 11.5. The van der Waals surface area contributed by atoms with Gasteiger partial charge in [-0.15, -0.1) is 0 Å². The molecule has 0 fully saturated rings. The molecule has 0 atom stereocenters. The third-order valence-corrected chi connectivity index (χ3v) is 3.57. The summed E-state index contributed by atoms with van der Waals surface area (Å²) in [6, 6.07) is 8.04. The quantitative estimate of drug-likeness (QED) is 0.554. The van der Waals surface area contributed by atoms with Gasteiger partial charge >= 0.3 is 6.18 Å². The van der Waals surface area contributed by atoms with E-state index in [9.17, 15) is 22.4 Å². The number of carbonyl (C=O) groups is 1. The zero-order valence-electron chi connectivity index (χ0n) is 10.5. The van der Waals surface area contributed by atoms with E-state index in [1.165, 1.54) is 24.3 Å². The molecule has 0 saturated heterocycles. The Labute approximate surface area is 126 Å². The van der Waals surface area contributed by atoms with Crippen molar-refractivity contribution in [3.63, 3.8) is 0 Å². The lowest BCUT2D eigenvalue weighted by atomic mass is 10.0. The predicted molar refractivity (Wildman–Crippen MR) is 73.6 cm³/mol. The van der Waals surface area contributed by atoms with E-state index < -0.39 is 17.6 Å². The number of benzene rings is 2. The highest BCUT2D eigenvalue weighted by Gasteiger charge is 2.30. The Morgan fingerprint density at radius 1 is 1.05 bits per heavy atom. The molecule has 1 nitrogen and oxygen atoms in total. The first kappa shape index (κ1) is 15.7. The predicted octanol–water partition coefficient (Wildman–Crippen LogP) is 5.03. The van der Waals surface area contributed by atoms with Gasteiger partial charge in [-0.2, -0.15) is 13.2 Å². The fraction of sp³-hybridized carbons (Fsp3) is 0.133. The molecule has 2 aromatic rings.